The molecule has 0 fully saturated rings. The summed E-state index contributed by atoms with van der Waals surface area (Å²) in [6.45, 7) is 1.44. The van der Waals surface area contributed by atoms with E-state index in [0.29, 0.717) is 12.1 Å². The van der Waals surface area contributed by atoms with Gasteiger partial charge in [-0.25, -0.2) is 0 Å². The fraction of sp³-hybridized carbons (Fsp3) is 0.217. The average Bonchev–Trinajstić information content (AvgIpc) is 3.18. The van der Waals surface area contributed by atoms with Gasteiger partial charge in [0, 0.05) is 31.2 Å². The second kappa shape index (κ2) is 8.13. The van der Waals surface area contributed by atoms with Crippen molar-refractivity contribution in [2.24, 2.45) is 0 Å². The number of methoxy groups -OCH3 is 1. The molecule has 5 heteroatoms. The minimum Gasteiger partial charge on any atom is -0.496 e. The molecule has 1 amide bonds. The highest BCUT2D eigenvalue weighted by Crippen LogP contribution is 2.29. The molecule has 0 bridgehead atoms. The van der Waals surface area contributed by atoms with Crippen molar-refractivity contribution in [3.63, 3.8) is 0 Å². The van der Waals surface area contributed by atoms with E-state index < -0.39 is 0 Å². The van der Waals surface area contributed by atoms with Crippen LogP contribution in [-0.4, -0.2) is 31.1 Å². The molecule has 1 aliphatic heterocycles. The van der Waals surface area contributed by atoms with E-state index in [1.165, 1.54) is 5.56 Å². The summed E-state index contributed by atoms with van der Waals surface area (Å²) in [5.74, 6) is 0.880. The van der Waals surface area contributed by atoms with Crippen molar-refractivity contribution in [3.8, 4) is 5.75 Å². The first-order valence-corrected chi connectivity index (χ1v) is 9.47. The smallest absolute Gasteiger partial charge is 0.259 e. The highest BCUT2D eigenvalue weighted by molar-refractivity contribution is 6.07. The Labute approximate surface area is 165 Å². The molecular weight excluding hydrogens is 350 g/mol. The van der Waals surface area contributed by atoms with Gasteiger partial charge in [0.1, 0.15) is 5.75 Å². The Morgan fingerprint density at radius 2 is 1.96 bits per heavy atom. The van der Waals surface area contributed by atoms with Gasteiger partial charge < -0.3 is 15.0 Å². The first kappa shape index (κ1) is 18.0. The van der Waals surface area contributed by atoms with Crippen LogP contribution < -0.4 is 15.0 Å². The summed E-state index contributed by atoms with van der Waals surface area (Å²) in [6, 6.07) is 17.9. The number of nitrogens with zero attached hydrogens (tertiary/aromatic N) is 2. The summed E-state index contributed by atoms with van der Waals surface area (Å²) in [4.78, 5) is 19.1. The molecule has 142 valence electrons. The summed E-state index contributed by atoms with van der Waals surface area (Å²) in [6.07, 6.45) is 5.10. The number of ether oxygens (including phenoxy) is 1. The Kier molecular flexibility index (Phi) is 5.24. The number of fused-ring (bicyclic) bond motifs is 1. The third kappa shape index (κ3) is 3.69. The lowest BCUT2D eigenvalue weighted by Gasteiger charge is -2.17. The van der Waals surface area contributed by atoms with Gasteiger partial charge in [-0.1, -0.05) is 36.4 Å². The van der Waals surface area contributed by atoms with Crippen molar-refractivity contribution < 1.29 is 9.53 Å². The van der Waals surface area contributed by atoms with E-state index in [1.807, 2.05) is 47.4 Å². The summed E-state index contributed by atoms with van der Waals surface area (Å²) in [5, 5.41) is 3.36. The topological polar surface area (TPSA) is 54.5 Å². The zero-order chi connectivity index (χ0) is 19.3. The summed E-state index contributed by atoms with van der Waals surface area (Å²) in [7, 11) is 1.68. The predicted octanol–water partition coefficient (Wildman–Crippen LogP) is 3.95. The Morgan fingerprint density at radius 3 is 2.86 bits per heavy atom. The van der Waals surface area contributed by atoms with Gasteiger partial charge in [0.05, 0.1) is 18.4 Å². The maximum absolute atomic E-state index is 13.0. The second-order valence-corrected chi connectivity index (χ2v) is 6.79. The molecule has 5 nitrogen and oxygen atoms in total. The maximum atomic E-state index is 13.0. The second-order valence-electron chi connectivity index (χ2n) is 6.79. The molecule has 4 rings (SSSR count). The highest BCUT2D eigenvalue weighted by atomic mass is 16.5. The molecule has 0 saturated carbocycles. The van der Waals surface area contributed by atoms with Crippen molar-refractivity contribution in [3.05, 3.63) is 83.7 Å². The third-order valence-corrected chi connectivity index (χ3v) is 5.03. The van der Waals surface area contributed by atoms with Crippen molar-refractivity contribution in [2.75, 3.05) is 30.4 Å². The van der Waals surface area contributed by atoms with Crippen LogP contribution in [0.4, 0.5) is 11.4 Å². The molecule has 3 aromatic rings. The fourth-order valence-electron chi connectivity index (χ4n) is 3.61. The van der Waals surface area contributed by atoms with Gasteiger partial charge >= 0.3 is 0 Å². The number of carbonyl (C=O) groups excluding carboxylic acids is 1. The highest BCUT2D eigenvalue weighted by Gasteiger charge is 2.25. The predicted molar refractivity (Wildman–Crippen MR) is 111 cm³/mol. The Hall–Kier alpha value is -3.34. The molecule has 0 saturated heterocycles. The molecule has 1 N–H and O–H groups in total. The van der Waals surface area contributed by atoms with Gasteiger partial charge in [0.15, 0.2) is 0 Å². The molecule has 0 aliphatic carbocycles. The normalized spacial score (nSPS) is 12.5. The minimum absolute atomic E-state index is 0.00849. The number of benzene rings is 2. The van der Waals surface area contributed by atoms with Gasteiger partial charge in [-0.05, 0) is 42.2 Å². The molecule has 1 aliphatic rings. The van der Waals surface area contributed by atoms with Gasteiger partial charge in [-0.2, -0.15) is 0 Å². The average molecular weight is 373 g/mol. The zero-order valence-corrected chi connectivity index (χ0v) is 15.9. The Morgan fingerprint density at radius 1 is 1.14 bits per heavy atom. The number of aromatic nitrogens is 1. The van der Waals surface area contributed by atoms with Crippen LogP contribution in [0.2, 0.25) is 0 Å². The van der Waals surface area contributed by atoms with Gasteiger partial charge in [0.2, 0.25) is 0 Å². The van der Waals surface area contributed by atoms with Crippen LogP contribution in [0, 0.1) is 0 Å². The Bertz CT molecular complexity index is 987. The van der Waals surface area contributed by atoms with Gasteiger partial charge in [-0.15, -0.1) is 0 Å². The van der Waals surface area contributed by atoms with Crippen molar-refractivity contribution in [2.45, 2.75) is 12.8 Å². The van der Waals surface area contributed by atoms with Crippen LogP contribution in [0.15, 0.2) is 67.0 Å². The lowest BCUT2D eigenvalue weighted by atomic mass is 10.1. The first-order valence-electron chi connectivity index (χ1n) is 9.47. The third-order valence-electron chi connectivity index (χ3n) is 5.03. The van der Waals surface area contributed by atoms with Crippen molar-refractivity contribution >= 4 is 17.3 Å². The number of rotatable bonds is 6. The first-order chi connectivity index (χ1) is 13.8. The summed E-state index contributed by atoms with van der Waals surface area (Å²) in [5.41, 5.74) is 4.80. The van der Waals surface area contributed by atoms with Crippen LogP contribution in [0.25, 0.3) is 0 Å². The van der Waals surface area contributed by atoms with Crippen LogP contribution >= 0.6 is 0 Å². The van der Waals surface area contributed by atoms with E-state index >= 15 is 0 Å². The van der Waals surface area contributed by atoms with Crippen LogP contribution in [0.5, 0.6) is 5.75 Å². The monoisotopic (exact) mass is 373 g/mol. The number of hydrogen-bond acceptors (Lipinski definition) is 4. The summed E-state index contributed by atoms with van der Waals surface area (Å²) < 4.78 is 5.39. The maximum Gasteiger partial charge on any atom is 0.259 e. The number of pyridine rings is 1. The van der Waals surface area contributed by atoms with E-state index in [1.54, 1.807) is 19.5 Å². The van der Waals surface area contributed by atoms with Crippen molar-refractivity contribution in [1.29, 1.82) is 0 Å². The zero-order valence-electron chi connectivity index (χ0n) is 15.9. The molecule has 2 aromatic carbocycles. The minimum atomic E-state index is -0.00849. The molecule has 0 radical (unpaired) electrons. The van der Waals surface area contributed by atoms with Gasteiger partial charge in [-0.3, -0.25) is 9.78 Å². The van der Waals surface area contributed by atoms with E-state index in [-0.39, 0.29) is 5.91 Å². The lowest BCUT2D eigenvalue weighted by Crippen LogP contribution is -2.29. The Balaban J connectivity index is 1.43. The molecular formula is C23H23N3O2. The van der Waals surface area contributed by atoms with E-state index in [0.717, 1.165) is 42.1 Å². The van der Waals surface area contributed by atoms with E-state index in [9.17, 15) is 4.79 Å². The van der Waals surface area contributed by atoms with Crippen LogP contribution in [-0.2, 0) is 12.8 Å². The van der Waals surface area contributed by atoms with Crippen LogP contribution in [0.3, 0.4) is 0 Å². The SMILES string of the molecule is COc1ccccc1CCNc1cncc(C(=O)N2CCc3ccccc32)c1. The van der Waals surface area contributed by atoms with Crippen molar-refractivity contribution in [1.82, 2.24) is 4.98 Å². The summed E-state index contributed by atoms with van der Waals surface area (Å²) >= 11 is 0. The lowest BCUT2D eigenvalue weighted by molar-refractivity contribution is 0.0989. The number of amides is 1. The quantitative estimate of drug-likeness (QED) is 0.711. The number of para-hydroxylation sites is 2. The number of nitrogens with one attached hydrogen (secondary N) is 1. The molecule has 0 spiro atoms. The standard InChI is InChI=1S/C23H23N3O2/c1-28-22-9-5-3-7-18(22)10-12-25-20-14-19(15-24-16-20)23(27)26-13-11-17-6-2-4-8-21(17)26/h2-9,14-16,25H,10-13H2,1H3. The molecule has 2 heterocycles. The van der Waals surface area contributed by atoms with Gasteiger partial charge in [0.25, 0.3) is 5.91 Å². The number of anilines is 2. The largest absolute Gasteiger partial charge is 0.496 e. The molecule has 0 atom stereocenters. The van der Waals surface area contributed by atoms with E-state index in [4.69, 9.17) is 4.74 Å². The van der Waals surface area contributed by atoms with Crippen LogP contribution in [0.1, 0.15) is 21.5 Å². The number of hydrogen-bond donors (Lipinski definition) is 1. The molecule has 0 unspecified atom stereocenters. The molecule has 1 aromatic heterocycles. The number of carbonyl (C=O) groups is 1. The fourth-order valence-corrected chi connectivity index (χ4v) is 3.61. The molecule has 28 heavy (non-hydrogen) atoms. The van der Waals surface area contributed by atoms with E-state index in [2.05, 4.69) is 22.4 Å².